The number of rotatable bonds is 6. The molecule has 1 aromatic carbocycles. The number of nitrogens with one attached hydrogen (secondary N) is 1. The Morgan fingerprint density at radius 1 is 1.20 bits per heavy atom. The van der Waals surface area contributed by atoms with Gasteiger partial charge in [-0.05, 0) is 73.6 Å². The van der Waals surface area contributed by atoms with Crippen LogP contribution in [-0.4, -0.2) is 33.3 Å². The lowest BCUT2D eigenvalue weighted by molar-refractivity contribution is -0.123. The predicted octanol–water partition coefficient (Wildman–Crippen LogP) is 3.57. The van der Waals surface area contributed by atoms with Crippen LogP contribution in [-0.2, 0) is 11.3 Å². The van der Waals surface area contributed by atoms with Gasteiger partial charge in [-0.15, -0.1) is 0 Å². The molecular weight excluding hydrogens is 447 g/mol. The Hall–Kier alpha value is -4.19. The number of benzene rings is 1. The van der Waals surface area contributed by atoms with Crippen LogP contribution in [0.1, 0.15) is 41.0 Å². The van der Waals surface area contributed by atoms with Crippen LogP contribution in [0.3, 0.4) is 0 Å². The largest absolute Gasteiger partial charge is 0.347 e. The maximum Gasteiger partial charge on any atom is 0.270 e. The van der Waals surface area contributed by atoms with Crippen molar-refractivity contribution < 1.29 is 14.0 Å². The van der Waals surface area contributed by atoms with Crippen molar-refractivity contribution in [1.82, 2.24) is 20.3 Å². The number of hydrogen-bond acceptors (Lipinski definition) is 6. The molecule has 2 fully saturated rings. The van der Waals surface area contributed by atoms with Crippen molar-refractivity contribution in [2.75, 3.05) is 11.4 Å². The molecule has 0 radical (unpaired) electrons. The van der Waals surface area contributed by atoms with E-state index in [4.69, 9.17) is 0 Å². The quantitative estimate of drug-likeness (QED) is 0.589. The molecule has 9 heteroatoms. The minimum Gasteiger partial charge on any atom is -0.347 e. The first-order valence-corrected chi connectivity index (χ1v) is 11.4. The number of aryl methyl sites for hydroxylation is 1. The fraction of sp³-hybridized carbons (Fsp3) is 0.308. The number of carbonyl (C=O) groups is 2. The molecule has 2 aliphatic rings. The second kappa shape index (κ2) is 8.87. The average molecular weight is 471 g/mol. The van der Waals surface area contributed by atoms with Crippen molar-refractivity contribution in [1.29, 1.82) is 5.26 Å². The highest BCUT2D eigenvalue weighted by molar-refractivity contribution is 6.03. The van der Waals surface area contributed by atoms with E-state index < -0.39 is 17.1 Å². The number of nitrogens with zero attached hydrogens (tertiary/aromatic N) is 5. The number of anilines is 1. The van der Waals surface area contributed by atoms with Gasteiger partial charge in [0.25, 0.3) is 5.91 Å². The first-order valence-electron chi connectivity index (χ1n) is 11.4. The van der Waals surface area contributed by atoms with Gasteiger partial charge in [-0.25, -0.2) is 19.3 Å². The summed E-state index contributed by atoms with van der Waals surface area (Å²) in [6, 6.07) is 10.1. The van der Waals surface area contributed by atoms with E-state index in [2.05, 4.69) is 26.3 Å². The van der Waals surface area contributed by atoms with Crippen molar-refractivity contribution in [2.45, 2.75) is 32.7 Å². The summed E-state index contributed by atoms with van der Waals surface area (Å²) in [4.78, 5) is 39.9. The molecule has 3 heterocycles. The van der Waals surface area contributed by atoms with Gasteiger partial charge in [0, 0.05) is 42.4 Å². The lowest BCUT2D eigenvalue weighted by atomic mass is 9.83. The highest BCUT2D eigenvalue weighted by Crippen LogP contribution is 2.51. The second-order valence-electron chi connectivity index (χ2n) is 9.07. The smallest absolute Gasteiger partial charge is 0.270 e. The van der Waals surface area contributed by atoms with Crippen LogP contribution in [0.2, 0.25) is 0 Å². The summed E-state index contributed by atoms with van der Waals surface area (Å²) in [6.45, 7) is 2.27. The molecule has 1 N–H and O–H groups in total. The van der Waals surface area contributed by atoms with Gasteiger partial charge in [0.1, 0.15) is 23.3 Å². The van der Waals surface area contributed by atoms with Gasteiger partial charge in [-0.1, -0.05) is 0 Å². The van der Waals surface area contributed by atoms with Crippen LogP contribution >= 0.6 is 0 Å². The summed E-state index contributed by atoms with van der Waals surface area (Å²) in [5, 5.41) is 12.5. The average Bonchev–Trinajstić information content (AvgIpc) is 3.66. The molecule has 1 atom stereocenters. The zero-order valence-corrected chi connectivity index (χ0v) is 19.2. The molecule has 1 aliphatic carbocycles. The molecule has 2 amide bonds. The monoisotopic (exact) mass is 470 g/mol. The first-order chi connectivity index (χ1) is 16.9. The zero-order valence-electron chi connectivity index (χ0n) is 19.2. The molecule has 0 bridgehead atoms. The van der Waals surface area contributed by atoms with Gasteiger partial charge >= 0.3 is 0 Å². The summed E-state index contributed by atoms with van der Waals surface area (Å²) in [7, 11) is 0. The minimum atomic E-state index is -0.960. The summed E-state index contributed by atoms with van der Waals surface area (Å²) < 4.78 is 14.2. The fourth-order valence-corrected chi connectivity index (χ4v) is 4.70. The third kappa shape index (κ3) is 4.35. The molecule has 0 spiro atoms. The molecule has 0 unspecified atom stereocenters. The van der Waals surface area contributed by atoms with E-state index in [0.717, 1.165) is 12.8 Å². The van der Waals surface area contributed by atoms with Gasteiger partial charge in [-0.3, -0.25) is 9.59 Å². The number of aromatic nitrogens is 3. The molecular formula is C26H23FN6O2. The van der Waals surface area contributed by atoms with E-state index in [-0.39, 0.29) is 24.1 Å². The number of carbonyl (C=O) groups excluding carboxylic acids is 2. The molecule has 8 nitrogen and oxygen atoms in total. The fourth-order valence-electron chi connectivity index (χ4n) is 4.70. The van der Waals surface area contributed by atoms with Gasteiger partial charge in [0.05, 0.1) is 6.07 Å². The van der Waals surface area contributed by atoms with E-state index in [9.17, 15) is 19.2 Å². The SMILES string of the molecule is Cc1cc(N2CC[C@@](C#N)(C3CC3)C2=O)cc(C(=O)NCc2cc(F)cc(-c3cncnc3)c2)n1. The number of amides is 2. The van der Waals surface area contributed by atoms with Crippen LogP contribution in [0.4, 0.5) is 10.1 Å². The number of pyridine rings is 1. The van der Waals surface area contributed by atoms with Crippen molar-refractivity contribution in [3.63, 3.8) is 0 Å². The molecule has 2 aromatic heterocycles. The molecule has 176 valence electrons. The Bertz CT molecular complexity index is 1350. The van der Waals surface area contributed by atoms with E-state index >= 15 is 0 Å². The normalized spacial score (nSPS) is 19.5. The Labute approximate surface area is 201 Å². The van der Waals surface area contributed by atoms with Gasteiger partial charge in [0.2, 0.25) is 5.91 Å². The second-order valence-corrected chi connectivity index (χ2v) is 9.07. The minimum absolute atomic E-state index is 0.0874. The first kappa shape index (κ1) is 22.6. The predicted molar refractivity (Wildman–Crippen MR) is 125 cm³/mol. The van der Waals surface area contributed by atoms with Gasteiger partial charge in [0.15, 0.2) is 0 Å². The standard InChI is InChI=1S/C26H23FN6O2/c1-16-6-22(33-5-4-26(14-28,25(33)35)20-2-3-20)10-23(32-16)24(34)31-11-17-7-18(9-21(27)8-17)19-12-29-15-30-13-19/h6-10,12-13,15,20H,2-5,11H2,1H3,(H,31,34)/t26-/m1/s1. The summed E-state index contributed by atoms with van der Waals surface area (Å²) in [6.07, 6.45) is 6.86. The number of nitriles is 1. The molecule has 1 saturated carbocycles. The van der Waals surface area contributed by atoms with E-state index in [1.807, 2.05) is 0 Å². The summed E-state index contributed by atoms with van der Waals surface area (Å²) >= 11 is 0. The summed E-state index contributed by atoms with van der Waals surface area (Å²) in [5.74, 6) is -0.953. The Morgan fingerprint density at radius 2 is 1.97 bits per heavy atom. The lowest BCUT2D eigenvalue weighted by Crippen LogP contribution is -2.35. The number of hydrogen-bond donors (Lipinski definition) is 1. The van der Waals surface area contributed by atoms with Gasteiger partial charge < -0.3 is 10.2 Å². The third-order valence-corrected chi connectivity index (χ3v) is 6.62. The van der Waals surface area contributed by atoms with Crippen molar-refractivity contribution in [2.24, 2.45) is 11.3 Å². The van der Waals surface area contributed by atoms with Crippen LogP contribution in [0.15, 0.2) is 49.1 Å². The molecule has 1 aliphatic heterocycles. The van der Waals surface area contributed by atoms with Crippen molar-refractivity contribution >= 4 is 17.5 Å². The Morgan fingerprint density at radius 3 is 2.69 bits per heavy atom. The van der Waals surface area contributed by atoms with Crippen LogP contribution in [0.5, 0.6) is 0 Å². The molecule has 1 saturated heterocycles. The zero-order chi connectivity index (χ0) is 24.6. The van der Waals surface area contributed by atoms with E-state index in [0.29, 0.717) is 41.0 Å². The molecule has 35 heavy (non-hydrogen) atoms. The molecule has 3 aromatic rings. The highest BCUT2D eigenvalue weighted by atomic mass is 19.1. The summed E-state index contributed by atoms with van der Waals surface area (Å²) in [5.41, 5.74) is 2.18. The van der Waals surface area contributed by atoms with Crippen molar-refractivity contribution in [3.05, 3.63) is 71.8 Å². The Kier molecular flexibility index (Phi) is 5.73. The topological polar surface area (TPSA) is 112 Å². The van der Waals surface area contributed by atoms with Gasteiger partial charge in [-0.2, -0.15) is 5.26 Å². The maximum absolute atomic E-state index is 14.2. The molecule has 5 rings (SSSR count). The van der Waals surface area contributed by atoms with Crippen molar-refractivity contribution in [3.8, 4) is 17.2 Å². The Balaban J connectivity index is 1.33. The van der Waals surface area contributed by atoms with E-state index in [1.165, 1.54) is 18.5 Å². The number of halogens is 1. The van der Waals surface area contributed by atoms with Crippen LogP contribution in [0, 0.1) is 35.4 Å². The van der Waals surface area contributed by atoms with Crippen LogP contribution in [0.25, 0.3) is 11.1 Å². The van der Waals surface area contributed by atoms with Crippen LogP contribution < -0.4 is 10.2 Å². The highest BCUT2D eigenvalue weighted by Gasteiger charge is 2.56. The lowest BCUT2D eigenvalue weighted by Gasteiger charge is -2.21. The third-order valence-electron chi connectivity index (χ3n) is 6.62. The maximum atomic E-state index is 14.2. The van der Waals surface area contributed by atoms with E-state index in [1.54, 1.807) is 42.4 Å².